The van der Waals surface area contributed by atoms with Gasteiger partial charge in [0.2, 0.25) is 0 Å². The minimum Gasteiger partial charge on any atom is -0.478 e. The molecule has 0 aliphatic heterocycles. The molecule has 0 spiro atoms. The highest BCUT2D eigenvalue weighted by Gasteiger charge is 2.13. The number of hydrogen-bond acceptors (Lipinski definition) is 3. The molecule has 1 aromatic carbocycles. The first-order valence-corrected chi connectivity index (χ1v) is 6.09. The van der Waals surface area contributed by atoms with Crippen molar-refractivity contribution in [1.29, 1.82) is 0 Å². The van der Waals surface area contributed by atoms with Crippen LogP contribution in [0.5, 0.6) is 0 Å². The minimum atomic E-state index is -0.931. The Morgan fingerprint density at radius 3 is 2.74 bits per heavy atom. The van der Waals surface area contributed by atoms with E-state index in [1.165, 1.54) is 0 Å². The van der Waals surface area contributed by atoms with Gasteiger partial charge in [0.05, 0.1) is 17.3 Å². The number of benzene rings is 1. The van der Waals surface area contributed by atoms with Crippen LogP contribution in [0.3, 0.4) is 0 Å². The van der Waals surface area contributed by atoms with Crippen molar-refractivity contribution < 1.29 is 9.90 Å². The lowest BCUT2D eigenvalue weighted by Gasteiger charge is -2.16. The second-order valence-corrected chi connectivity index (χ2v) is 4.47. The fourth-order valence-electron chi connectivity index (χ4n) is 1.90. The van der Waals surface area contributed by atoms with Crippen LogP contribution in [0.25, 0.3) is 0 Å². The van der Waals surface area contributed by atoms with E-state index in [9.17, 15) is 9.90 Å². The molecule has 0 radical (unpaired) electrons. The normalized spacial score (nSPS) is 11.9. The average molecular weight is 256 g/mol. The van der Waals surface area contributed by atoms with E-state index in [-0.39, 0.29) is 11.6 Å². The Morgan fingerprint density at radius 2 is 2.11 bits per heavy atom. The number of hydrogen-bond donors (Lipinski definition) is 2. The molecule has 0 amide bonds. The summed E-state index contributed by atoms with van der Waals surface area (Å²) in [5, 5.41) is 12.4. The van der Waals surface area contributed by atoms with Crippen LogP contribution in [-0.2, 0) is 0 Å². The van der Waals surface area contributed by atoms with Crippen LogP contribution in [0.4, 0.5) is 5.69 Å². The molecule has 2 rings (SSSR count). The Labute approximate surface area is 112 Å². The molecule has 19 heavy (non-hydrogen) atoms. The van der Waals surface area contributed by atoms with Gasteiger partial charge in [0.25, 0.3) is 0 Å². The number of nitrogens with zero attached hydrogens (tertiary/aromatic N) is 1. The SMILES string of the molecule is Cc1ccc(NC(C)c2ccccn2)c(C(=O)O)c1. The van der Waals surface area contributed by atoms with Gasteiger partial charge in [-0.1, -0.05) is 17.7 Å². The molecule has 2 aromatic rings. The van der Waals surface area contributed by atoms with Crippen LogP contribution < -0.4 is 5.32 Å². The molecule has 0 saturated carbocycles. The van der Waals surface area contributed by atoms with E-state index in [0.29, 0.717) is 5.69 Å². The molecular formula is C15H16N2O2. The van der Waals surface area contributed by atoms with Gasteiger partial charge in [0.15, 0.2) is 0 Å². The van der Waals surface area contributed by atoms with Gasteiger partial charge in [-0.15, -0.1) is 0 Å². The van der Waals surface area contributed by atoms with Gasteiger partial charge in [0.1, 0.15) is 0 Å². The summed E-state index contributed by atoms with van der Waals surface area (Å²) in [5.74, 6) is -0.931. The molecule has 1 unspecified atom stereocenters. The number of rotatable bonds is 4. The summed E-state index contributed by atoms with van der Waals surface area (Å²) in [5.41, 5.74) is 2.69. The molecule has 98 valence electrons. The third kappa shape index (κ3) is 3.10. The standard InChI is InChI=1S/C15H16N2O2/c1-10-6-7-14(12(9-10)15(18)19)17-11(2)13-5-3-4-8-16-13/h3-9,11,17H,1-2H3,(H,18,19). The zero-order valence-electron chi connectivity index (χ0n) is 10.9. The molecule has 1 heterocycles. The Hall–Kier alpha value is -2.36. The number of aromatic carboxylic acids is 1. The Bertz CT molecular complexity index is 582. The first-order chi connectivity index (χ1) is 9.08. The summed E-state index contributed by atoms with van der Waals surface area (Å²) in [7, 11) is 0. The van der Waals surface area contributed by atoms with Crippen LogP contribution in [-0.4, -0.2) is 16.1 Å². The van der Waals surface area contributed by atoms with Crippen molar-refractivity contribution in [3.63, 3.8) is 0 Å². The van der Waals surface area contributed by atoms with Crippen molar-refractivity contribution in [2.24, 2.45) is 0 Å². The summed E-state index contributed by atoms with van der Waals surface area (Å²) in [6.45, 7) is 3.83. The highest BCUT2D eigenvalue weighted by atomic mass is 16.4. The van der Waals surface area contributed by atoms with E-state index in [4.69, 9.17) is 0 Å². The number of carbonyl (C=O) groups is 1. The lowest BCUT2D eigenvalue weighted by atomic mass is 10.1. The maximum absolute atomic E-state index is 11.2. The van der Waals surface area contributed by atoms with Gasteiger partial charge < -0.3 is 10.4 Å². The van der Waals surface area contributed by atoms with E-state index in [2.05, 4.69) is 10.3 Å². The highest BCUT2D eigenvalue weighted by molar-refractivity contribution is 5.94. The van der Waals surface area contributed by atoms with Crippen LogP contribution in [0.2, 0.25) is 0 Å². The number of carboxylic acid groups (broad SMARTS) is 1. The number of pyridine rings is 1. The van der Waals surface area contributed by atoms with Crippen molar-refractivity contribution >= 4 is 11.7 Å². The largest absolute Gasteiger partial charge is 0.478 e. The topological polar surface area (TPSA) is 62.2 Å². The first kappa shape index (κ1) is 13.1. The van der Waals surface area contributed by atoms with Crippen molar-refractivity contribution in [3.05, 3.63) is 59.4 Å². The maximum atomic E-state index is 11.2. The Morgan fingerprint density at radius 1 is 1.32 bits per heavy atom. The molecule has 1 aromatic heterocycles. The molecule has 4 nitrogen and oxygen atoms in total. The molecule has 0 aliphatic rings. The van der Waals surface area contributed by atoms with Gasteiger partial charge in [-0.2, -0.15) is 0 Å². The summed E-state index contributed by atoms with van der Waals surface area (Å²) in [6, 6.07) is 11.0. The van der Waals surface area contributed by atoms with E-state index in [1.807, 2.05) is 38.1 Å². The van der Waals surface area contributed by atoms with Gasteiger partial charge in [-0.05, 0) is 38.1 Å². The number of nitrogens with one attached hydrogen (secondary N) is 1. The maximum Gasteiger partial charge on any atom is 0.337 e. The molecule has 0 aliphatic carbocycles. The number of aryl methyl sites for hydroxylation is 1. The molecule has 0 bridgehead atoms. The van der Waals surface area contributed by atoms with Crippen molar-refractivity contribution in [3.8, 4) is 0 Å². The molecule has 4 heteroatoms. The highest BCUT2D eigenvalue weighted by Crippen LogP contribution is 2.22. The van der Waals surface area contributed by atoms with Gasteiger partial charge in [-0.3, -0.25) is 4.98 Å². The third-order valence-electron chi connectivity index (χ3n) is 2.91. The Kier molecular flexibility index (Phi) is 3.80. The molecule has 2 N–H and O–H groups in total. The fourth-order valence-corrected chi connectivity index (χ4v) is 1.90. The van der Waals surface area contributed by atoms with Gasteiger partial charge in [0, 0.05) is 11.9 Å². The van der Waals surface area contributed by atoms with Crippen LogP contribution in [0.1, 0.15) is 34.6 Å². The lowest BCUT2D eigenvalue weighted by molar-refractivity contribution is 0.0698. The van der Waals surface area contributed by atoms with E-state index in [1.54, 1.807) is 18.3 Å². The monoisotopic (exact) mass is 256 g/mol. The third-order valence-corrected chi connectivity index (χ3v) is 2.91. The molecule has 0 saturated heterocycles. The zero-order chi connectivity index (χ0) is 13.8. The van der Waals surface area contributed by atoms with Gasteiger partial charge in [-0.25, -0.2) is 4.79 Å². The summed E-state index contributed by atoms with van der Waals surface area (Å²) >= 11 is 0. The van der Waals surface area contributed by atoms with E-state index >= 15 is 0 Å². The van der Waals surface area contributed by atoms with Crippen molar-refractivity contribution in [1.82, 2.24) is 4.98 Å². The number of carboxylic acids is 1. The zero-order valence-corrected chi connectivity index (χ0v) is 10.9. The average Bonchev–Trinajstić information content (AvgIpc) is 2.41. The van der Waals surface area contributed by atoms with E-state index < -0.39 is 5.97 Å². The first-order valence-electron chi connectivity index (χ1n) is 6.09. The smallest absolute Gasteiger partial charge is 0.337 e. The molecule has 1 atom stereocenters. The van der Waals surface area contributed by atoms with Crippen LogP contribution in [0, 0.1) is 6.92 Å². The quantitative estimate of drug-likeness (QED) is 0.881. The summed E-state index contributed by atoms with van der Waals surface area (Å²) < 4.78 is 0. The predicted molar refractivity (Wildman–Crippen MR) is 74.4 cm³/mol. The Balaban J connectivity index is 2.26. The van der Waals surface area contributed by atoms with Gasteiger partial charge >= 0.3 is 5.97 Å². The minimum absolute atomic E-state index is 0.0537. The van der Waals surface area contributed by atoms with Crippen LogP contribution >= 0.6 is 0 Å². The fraction of sp³-hybridized carbons (Fsp3) is 0.200. The number of anilines is 1. The summed E-state index contributed by atoms with van der Waals surface area (Å²) in [6.07, 6.45) is 1.72. The second kappa shape index (κ2) is 5.52. The predicted octanol–water partition coefficient (Wildman–Crippen LogP) is 3.26. The lowest BCUT2D eigenvalue weighted by Crippen LogP contribution is -2.11. The second-order valence-electron chi connectivity index (χ2n) is 4.47. The summed E-state index contributed by atoms with van der Waals surface area (Å²) in [4.78, 5) is 15.5. The molecular weight excluding hydrogens is 240 g/mol. The van der Waals surface area contributed by atoms with Crippen molar-refractivity contribution in [2.45, 2.75) is 19.9 Å². The van der Waals surface area contributed by atoms with E-state index in [0.717, 1.165) is 11.3 Å². The number of aromatic nitrogens is 1. The molecule has 0 fully saturated rings. The van der Waals surface area contributed by atoms with Crippen molar-refractivity contribution in [2.75, 3.05) is 5.32 Å². The van der Waals surface area contributed by atoms with Crippen LogP contribution in [0.15, 0.2) is 42.6 Å².